The Labute approximate surface area is 219 Å². The maximum absolute atomic E-state index is 12.5. The van der Waals surface area contributed by atoms with Gasteiger partial charge in [-0.05, 0) is 61.6 Å². The van der Waals surface area contributed by atoms with Gasteiger partial charge >= 0.3 is 0 Å². The predicted octanol–water partition coefficient (Wildman–Crippen LogP) is 4.05. The molecule has 8 nitrogen and oxygen atoms in total. The van der Waals surface area contributed by atoms with Gasteiger partial charge in [-0.2, -0.15) is 5.10 Å². The van der Waals surface area contributed by atoms with Crippen molar-refractivity contribution in [2.45, 2.75) is 64.5 Å². The van der Waals surface area contributed by atoms with Gasteiger partial charge in [0.25, 0.3) is 0 Å². The molecule has 37 heavy (non-hydrogen) atoms. The van der Waals surface area contributed by atoms with E-state index in [-0.39, 0.29) is 18.1 Å². The van der Waals surface area contributed by atoms with E-state index < -0.39 is 11.9 Å². The molecule has 3 aromatic rings. The molecular formula is C29H39N5O3. The summed E-state index contributed by atoms with van der Waals surface area (Å²) in [4.78, 5) is 26.5. The highest BCUT2D eigenvalue weighted by atomic mass is 16.3. The third-order valence-corrected chi connectivity index (χ3v) is 6.39. The van der Waals surface area contributed by atoms with Crippen molar-refractivity contribution >= 4 is 17.5 Å². The number of aryl methyl sites for hydroxylation is 2. The van der Waals surface area contributed by atoms with Crippen LogP contribution < -0.4 is 16.0 Å². The molecule has 4 N–H and O–H groups in total. The lowest BCUT2D eigenvalue weighted by molar-refractivity contribution is -0.127. The normalized spacial score (nSPS) is 11.8. The number of hydrogen-bond donors (Lipinski definition) is 3. The number of hydrogen-bond acceptors (Lipinski definition) is 5. The number of unbranched alkanes of at least 4 members (excludes halogenated alkanes) is 2. The van der Waals surface area contributed by atoms with Crippen LogP contribution in [0.3, 0.4) is 0 Å². The molecule has 0 spiro atoms. The lowest BCUT2D eigenvalue weighted by Gasteiger charge is -2.15. The first-order valence-corrected chi connectivity index (χ1v) is 13.0. The molecule has 3 rings (SSSR count). The minimum Gasteiger partial charge on any atom is -0.508 e. The molecule has 198 valence electrons. The van der Waals surface area contributed by atoms with Gasteiger partial charge in [-0.15, -0.1) is 0 Å². The molecule has 1 aromatic heterocycles. The van der Waals surface area contributed by atoms with Gasteiger partial charge in [0.05, 0.1) is 5.69 Å². The van der Waals surface area contributed by atoms with Crippen LogP contribution in [0.1, 0.15) is 50.3 Å². The number of phenolic OH excluding ortho intramolecular Hbond substituents is 1. The molecule has 0 radical (unpaired) electrons. The van der Waals surface area contributed by atoms with Crippen LogP contribution in [0, 0.1) is 0 Å². The SMILES string of the molecule is CCCCn1nc(-c2cccc(N(C)C)c2)cc1CCCCC(=O)N[C@@H](Cc1ccc(O)cc1)C(N)=O. The van der Waals surface area contributed by atoms with Crippen LogP contribution in [0.15, 0.2) is 54.6 Å². The topological polar surface area (TPSA) is 113 Å². The van der Waals surface area contributed by atoms with Crippen LogP contribution >= 0.6 is 0 Å². The second-order valence-electron chi connectivity index (χ2n) is 9.64. The number of nitrogens with zero attached hydrogens (tertiary/aromatic N) is 3. The highest BCUT2D eigenvalue weighted by molar-refractivity contribution is 5.86. The number of aromatic hydroxyl groups is 1. The Morgan fingerprint density at radius 2 is 1.84 bits per heavy atom. The number of amides is 2. The molecule has 0 unspecified atom stereocenters. The molecule has 0 fully saturated rings. The highest BCUT2D eigenvalue weighted by Gasteiger charge is 2.18. The molecule has 0 bridgehead atoms. The molecule has 0 saturated heterocycles. The first-order valence-electron chi connectivity index (χ1n) is 13.0. The number of primary amides is 1. The van der Waals surface area contributed by atoms with E-state index in [2.05, 4.69) is 52.2 Å². The Balaban J connectivity index is 1.56. The van der Waals surface area contributed by atoms with Crippen LogP contribution in [-0.2, 0) is 29.0 Å². The summed E-state index contributed by atoms with van der Waals surface area (Å²) in [5.74, 6) is -0.621. The van der Waals surface area contributed by atoms with E-state index in [1.807, 2.05) is 14.1 Å². The van der Waals surface area contributed by atoms with Crippen LogP contribution in [-0.4, -0.2) is 46.8 Å². The van der Waals surface area contributed by atoms with Crippen molar-refractivity contribution in [3.63, 3.8) is 0 Å². The maximum atomic E-state index is 12.5. The fraction of sp³-hybridized carbons (Fsp3) is 0.414. The van der Waals surface area contributed by atoms with Crippen LogP contribution in [0.2, 0.25) is 0 Å². The Morgan fingerprint density at radius 1 is 1.08 bits per heavy atom. The zero-order valence-corrected chi connectivity index (χ0v) is 22.1. The molecule has 0 aliphatic heterocycles. The summed E-state index contributed by atoms with van der Waals surface area (Å²) in [6.07, 6.45) is 5.11. The average Bonchev–Trinajstić information content (AvgIpc) is 3.29. The van der Waals surface area contributed by atoms with E-state index >= 15 is 0 Å². The number of anilines is 1. The summed E-state index contributed by atoms with van der Waals surface area (Å²) < 4.78 is 2.10. The molecule has 0 aliphatic rings. The quantitative estimate of drug-likeness (QED) is 0.286. The zero-order chi connectivity index (χ0) is 26.8. The fourth-order valence-corrected chi connectivity index (χ4v) is 4.19. The average molecular weight is 506 g/mol. The maximum Gasteiger partial charge on any atom is 0.240 e. The molecule has 2 amide bonds. The molecule has 1 atom stereocenters. The van der Waals surface area contributed by atoms with Crippen molar-refractivity contribution in [2.75, 3.05) is 19.0 Å². The monoisotopic (exact) mass is 505 g/mol. The molecule has 0 saturated carbocycles. The minimum atomic E-state index is -0.784. The zero-order valence-electron chi connectivity index (χ0n) is 22.1. The van der Waals surface area contributed by atoms with Gasteiger partial charge in [0, 0.05) is 50.4 Å². The minimum absolute atomic E-state index is 0.147. The lowest BCUT2D eigenvalue weighted by Crippen LogP contribution is -2.45. The Bertz CT molecular complexity index is 1170. The molecule has 0 aliphatic carbocycles. The first-order chi connectivity index (χ1) is 17.8. The van der Waals surface area contributed by atoms with Crippen LogP contribution in [0.4, 0.5) is 5.69 Å². The Morgan fingerprint density at radius 3 is 2.51 bits per heavy atom. The number of benzene rings is 2. The van der Waals surface area contributed by atoms with Gasteiger partial charge in [0.1, 0.15) is 11.8 Å². The third kappa shape index (κ3) is 8.37. The van der Waals surface area contributed by atoms with Crippen LogP contribution in [0.25, 0.3) is 11.3 Å². The second-order valence-corrected chi connectivity index (χ2v) is 9.64. The van der Waals surface area contributed by atoms with Gasteiger partial charge in [0.2, 0.25) is 11.8 Å². The van der Waals surface area contributed by atoms with Gasteiger partial charge in [0.15, 0.2) is 0 Å². The predicted molar refractivity (Wildman–Crippen MR) is 147 cm³/mol. The summed E-state index contributed by atoms with van der Waals surface area (Å²) in [6, 6.07) is 16.3. The summed E-state index contributed by atoms with van der Waals surface area (Å²) in [5.41, 5.74) is 10.7. The molecule has 1 heterocycles. The van der Waals surface area contributed by atoms with Crippen molar-refractivity contribution in [1.29, 1.82) is 0 Å². The smallest absolute Gasteiger partial charge is 0.240 e. The lowest BCUT2D eigenvalue weighted by atomic mass is 10.0. The van der Waals surface area contributed by atoms with Crippen molar-refractivity contribution < 1.29 is 14.7 Å². The highest BCUT2D eigenvalue weighted by Crippen LogP contribution is 2.25. The number of phenols is 1. The summed E-state index contributed by atoms with van der Waals surface area (Å²) in [5, 5.41) is 17.1. The van der Waals surface area contributed by atoms with Crippen molar-refractivity contribution in [1.82, 2.24) is 15.1 Å². The largest absolute Gasteiger partial charge is 0.508 e. The van der Waals surface area contributed by atoms with E-state index in [0.29, 0.717) is 12.8 Å². The molecule has 8 heteroatoms. The summed E-state index contributed by atoms with van der Waals surface area (Å²) >= 11 is 0. The van der Waals surface area contributed by atoms with E-state index in [4.69, 9.17) is 10.8 Å². The van der Waals surface area contributed by atoms with E-state index in [9.17, 15) is 14.7 Å². The van der Waals surface area contributed by atoms with Crippen LogP contribution in [0.5, 0.6) is 5.75 Å². The Kier molecular flexibility index (Phi) is 10.1. The number of carbonyl (C=O) groups is 2. The Hall–Kier alpha value is -3.81. The van der Waals surface area contributed by atoms with E-state index in [1.165, 1.54) is 5.69 Å². The third-order valence-electron chi connectivity index (χ3n) is 6.39. The standard InChI is InChI=1S/C29H39N5O3/c1-4-5-17-34-24(20-26(32-34)22-9-8-11-23(19-22)33(2)3)10-6-7-12-28(36)31-27(29(30)37)18-21-13-15-25(35)16-14-21/h8-9,11,13-16,19-20,27,35H,4-7,10,12,17-18H2,1-3H3,(H2,30,37)(H,31,36)/t27-/m0/s1. The number of carbonyl (C=O) groups excluding carboxylic acids is 2. The van der Waals surface area contributed by atoms with Crippen molar-refractivity contribution in [3.8, 4) is 17.0 Å². The summed E-state index contributed by atoms with van der Waals surface area (Å²) in [7, 11) is 4.05. The second kappa shape index (κ2) is 13.5. The number of aromatic nitrogens is 2. The number of nitrogens with one attached hydrogen (secondary N) is 1. The van der Waals surface area contributed by atoms with Gasteiger partial charge in [-0.25, -0.2) is 0 Å². The van der Waals surface area contributed by atoms with Crippen molar-refractivity contribution in [3.05, 3.63) is 65.9 Å². The molecule has 2 aromatic carbocycles. The number of nitrogens with two attached hydrogens (primary N) is 1. The van der Waals surface area contributed by atoms with Gasteiger partial charge < -0.3 is 21.1 Å². The molecular weight excluding hydrogens is 466 g/mol. The van der Waals surface area contributed by atoms with Crippen molar-refractivity contribution in [2.24, 2.45) is 5.73 Å². The first kappa shape index (κ1) is 27.8. The summed E-state index contributed by atoms with van der Waals surface area (Å²) in [6.45, 7) is 3.04. The van der Waals surface area contributed by atoms with Gasteiger partial charge in [-0.3, -0.25) is 14.3 Å². The number of rotatable bonds is 14. The van der Waals surface area contributed by atoms with E-state index in [1.54, 1.807) is 24.3 Å². The van der Waals surface area contributed by atoms with Gasteiger partial charge in [-0.1, -0.05) is 37.6 Å². The fourth-order valence-electron chi connectivity index (χ4n) is 4.19. The van der Waals surface area contributed by atoms with E-state index in [0.717, 1.165) is 54.7 Å².